The van der Waals surface area contributed by atoms with Gasteiger partial charge in [-0.15, -0.1) is 0 Å². The van der Waals surface area contributed by atoms with Crippen LogP contribution in [0.5, 0.6) is 0 Å². The number of ether oxygens (including phenoxy) is 1. The van der Waals surface area contributed by atoms with Gasteiger partial charge in [0.1, 0.15) is 35.6 Å². The summed E-state index contributed by atoms with van der Waals surface area (Å²) in [7, 11) is -3.85. The quantitative estimate of drug-likeness (QED) is 0.0747. The molecule has 0 fully saturated rings. The molecule has 1 unspecified atom stereocenters. The Balaban J connectivity index is 1.11. The van der Waals surface area contributed by atoms with Crippen molar-refractivity contribution in [3.63, 3.8) is 0 Å². The molecule has 0 aliphatic rings. The van der Waals surface area contributed by atoms with E-state index in [2.05, 4.69) is 26.8 Å². The minimum absolute atomic E-state index is 0.185. The molecule has 2 aromatic heterocycles. The van der Waals surface area contributed by atoms with Gasteiger partial charge in [-0.05, 0) is 25.5 Å². The molecule has 0 bridgehead atoms. The first kappa shape index (κ1) is 35.9. The third kappa shape index (κ3) is 12.8. The third-order valence-corrected chi connectivity index (χ3v) is 8.83. The van der Waals surface area contributed by atoms with Crippen molar-refractivity contribution in [3.8, 4) is 11.8 Å². The molecule has 0 aliphatic heterocycles. The first-order chi connectivity index (χ1) is 21.2. The number of rotatable bonds is 20. The van der Waals surface area contributed by atoms with E-state index in [1.54, 1.807) is 29.6 Å². The fraction of sp³-hybridized carbons (Fsp3) is 0.567. The van der Waals surface area contributed by atoms with Crippen molar-refractivity contribution in [2.45, 2.75) is 83.8 Å². The Bertz CT molecular complexity index is 1410. The maximum Gasteiger partial charge on any atom is 0.353 e. The van der Waals surface area contributed by atoms with Crippen molar-refractivity contribution in [1.29, 1.82) is 0 Å². The molecule has 0 spiro atoms. The number of nitrogens with two attached hydrogens (primary N) is 1. The normalized spacial score (nSPS) is 13.5. The van der Waals surface area contributed by atoms with E-state index in [1.165, 1.54) is 25.6 Å². The molecular formula is C30H41F3N5O4PS. The first-order valence-corrected chi connectivity index (χ1v) is 17.8. The summed E-state index contributed by atoms with van der Waals surface area (Å²) in [5.41, 5.74) is 6.50. The van der Waals surface area contributed by atoms with E-state index in [0.717, 1.165) is 44.3 Å². The Morgan fingerprint density at radius 3 is 2.36 bits per heavy atom. The largest absolute Gasteiger partial charge is 0.382 e. The molecule has 0 saturated carbocycles. The minimum atomic E-state index is -3.85. The van der Waals surface area contributed by atoms with E-state index in [4.69, 9.17) is 15.0 Å². The Morgan fingerprint density at radius 1 is 1.00 bits per heavy atom. The van der Waals surface area contributed by atoms with Crippen LogP contribution in [0.15, 0.2) is 24.8 Å². The number of hydrogen-bond donors (Lipinski definition) is 2. The van der Waals surface area contributed by atoms with Crippen LogP contribution >= 0.6 is 19.4 Å². The second-order valence-corrected chi connectivity index (χ2v) is 13.5. The van der Waals surface area contributed by atoms with E-state index in [-0.39, 0.29) is 18.3 Å². The molecule has 2 heterocycles. The van der Waals surface area contributed by atoms with E-state index in [9.17, 15) is 22.6 Å². The molecule has 3 N–H and O–H groups in total. The summed E-state index contributed by atoms with van der Waals surface area (Å²) < 4.78 is 64.9. The van der Waals surface area contributed by atoms with Crippen LogP contribution in [0.4, 0.5) is 19.0 Å². The van der Waals surface area contributed by atoms with Gasteiger partial charge in [0.2, 0.25) is 0 Å². The van der Waals surface area contributed by atoms with Crippen LogP contribution in [0.3, 0.4) is 0 Å². The third-order valence-electron chi connectivity index (χ3n) is 6.74. The number of thioether (sulfide) groups is 1. The zero-order chi connectivity index (χ0) is 31.8. The lowest BCUT2D eigenvalue weighted by Gasteiger charge is -2.17. The monoisotopic (exact) mass is 655 g/mol. The number of aromatic nitrogens is 4. The topological polar surface area (TPSA) is 125 Å². The number of imidazole rings is 1. The molecule has 9 nitrogen and oxygen atoms in total. The van der Waals surface area contributed by atoms with E-state index in [0.29, 0.717) is 47.8 Å². The van der Waals surface area contributed by atoms with Crippen molar-refractivity contribution in [2.75, 3.05) is 30.2 Å². The summed E-state index contributed by atoms with van der Waals surface area (Å²) in [5.74, 6) is 4.27. The van der Waals surface area contributed by atoms with Crippen LogP contribution in [0.2, 0.25) is 0 Å². The molecule has 44 heavy (non-hydrogen) atoms. The number of unbranched alkanes of at least 4 members (excludes halogenated alkanes) is 9. The second kappa shape index (κ2) is 19.0. The molecule has 2 atom stereocenters. The Morgan fingerprint density at radius 2 is 1.66 bits per heavy atom. The maximum absolute atomic E-state index is 13.6. The zero-order valence-corrected chi connectivity index (χ0v) is 26.7. The van der Waals surface area contributed by atoms with Crippen molar-refractivity contribution < 1.29 is 31.9 Å². The highest BCUT2D eigenvalue weighted by atomic mass is 32.2. The van der Waals surface area contributed by atoms with Gasteiger partial charge in [-0.25, -0.2) is 28.1 Å². The first-order valence-electron chi connectivity index (χ1n) is 14.9. The molecule has 1 aromatic carbocycles. The summed E-state index contributed by atoms with van der Waals surface area (Å²) in [6.45, 7) is 2.36. The van der Waals surface area contributed by atoms with Gasteiger partial charge in [-0.3, -0.25) is 4.57 Å². The van der Waals surface area contributed by atoms with Crippen LogP contribution in [-0.2, 0) is 20.4 Å². The van der Waals surface area contributed by atoms with Gasteiger partial charge in [0.15, 0.2) is 11.5 Å². The highest BCUT2D eigenvalue weighted by Gasteiger charge is 2.21. The van der Waals surface area contributed by atoms with Crippen molar-refractivity contribution in [2.24, 2.45) is 0 Å². The van der Waals surface area contributed by atoms with Gasteiger partial charge in [-0.1, -0.05) is 56.8 Å². The lowest BCUT2D eigenvalue weighted by Crippen LogP contribution is -2.17. The summed E-state index contributed by atoms with van der Waals surface area (Å²) in [6, 6.07) is 1.28. The number of hydrogen-bond acceptors (Lipinski definition) is 8. The summed E-state index contributed by atoms with van der Waals surface area (Å²) in [5, 5.41) is 0. The van der Waals surface area contributed by atoms with Crippen LogP contribution < -0.4 is 5.73 Å². The van der Waals surface area contributed by atoms with Gasteiger partial charge < -0.3 is 24.5 Å². The number of fused-ring (bicyclic) bond motifs is 1. The molecule has 3 aromatic rings. The zero-order valence-electron chi connectivity index (χ0n) is 25.0. The molecule has 14 heteroatoms. The molecule has 0 radical (unpaired) electrons. The summed E-state index contributed by atoms with van der Waals surface area (Å²) >= 11 is 1.71. The predicted molar refractivity (Wildman–Crippen MR) is 168 cm³/mol. The Hall–Kier alpha value is -2.62. The average molecular weight is 656 g/mol. The standard InChI is InChI=1S/C30H41F3N5O4PS/c1-23(19-38-21-37-28-29(34)35-20-36-30(28)38)41-22-43(39,40)42-14-16-44-15-12-10-8-6-4-2-3-5-7-9-11-13-25-26(32)17-24(31)18-27(25)33/h17-18,20-21,23H,2-10,12,14-16,19,22H2,1H3,(H,39,40)(H2,34,35,36)/t23-/m1/s1. The Kier molecular flexibility index (Phi) is 15.5. The summed E-state index contributed by atoms with van der Waals surface area (Å²) in [6.07, 6.45) is 12.6. The molecule has 3 rings (SSSR count). The second-order valence-electron chi connectivity index (χ2n) is 10.5. The number of anilines is 1. The highest BCUT2D eigenvalue weighted by Crippen LogP contribution is 2.42. The number of nitrogens with zero attached hydrogens (tertiary/aromatic N) is 4. The van der Waals surface area contributed by atoms with E-state index in [1.807, 2.05) is 0 Å². The molecular weight excluding hydrogens is 614 g/mol. The SMILES string of the molecule is C[C@H](Cn1cnc2c(N)ncnc21)OCP(=O)(O)OCCSCCCCCCCCCCCC#Cc1c(F)cc(F)cc1F. The lowest BCUT2D eigenvalue weighted by molar-refractivity contribution is 0.0724. The van der Waals surface area contributed by atoms with Gasteiger partial charge in [-0.2, -0.15) is 11.8 Å². The van der Waals surface area contributed by atoms with Crippen LogP contribution in [0.25, 0.3) is 11.2 Å². The lowest BCUT2D eigenvalue weighted by atomic mass is 10.1. The van der Waals surface area contributed by atoms with Gasteiger partial charge in [0.05, 0.1) is 31.1 Å². The maximum atomic E-state index is 13.6. The number of benzene rings is 1. The van der Waals surface area contributed by atoms with Crippen molar-refractivity contribution in [1.82, 2.24) is 19.5 Å². The molecule has 242 valence electrons. The smallest absolute Gasteiger partial charge is 0.353 e. The van der Waals surface area contributed by atoms with Gasteiger partial charge in [0, 0.05) is 24.3 Å². The average Bonchev–Trinajstić information content (AvgIpc) is 3.38. The number of halogens is 3. The Labute approximate surface area is 261 Å². The van der Waals surface area contributed by atoms with Crippen LogP contribution in [0, 0.1) is 29.3 Å². The fourth-order valence-electron chi connectivity index (χ4n) is 4.43. The predicted octanol–water partition coefficient (Wildman–Crippen LogP) is 7.08. The van der Waals surface area contributed by atoms with Crippen molar-refractivity contribution in [3.05, 3.63) is 47.8 Å². The number of nitrogen functional groups attached to an aromatic ring is 1. The summed E-state index contributed by atoms with van der Waals surface area (Å²) in [4.78, 5) is 22.4. The fourth-order valence-corrected chi connectivity index (χ4v) is 6.26. The molecule has 0 saturated heterocycles. The molecule has 0 aliphatic carbocycles. The minimum Gasteiger partial charge on any atom is -0.382 e. The van der Waals surface area contributed by atoms with E-state index >= 15 is 0 Å². The highest BCUT2D eigenvalue weighted by molar-refractivity contribution is 7.99. The van der Waals surface area contributed by atoms with E-state index < -0.39 is 31.4 Å². The van der Waals surface area contributed by atoms with Gasteiger partial charge >= 0.3 is 7.60 Å². The van der Waals surface area contributed by atoms with Crippen LogP contribution in [-0.4, -0.2) is 55.0 Å². The van der Waals surface area contributed by atoms with Crippen LogP contribution in [0.1, 0.15) is 76.7 Å². The molecule has 0 amide bonds. The van der Waals surface area contributed by atoms with Crippen molar-refractivity contribution >= 4 is 36.3 Å². The van der Waals surface area contributed by atoms with Gasteiger partial charge in [0.25, 0.3) is 0 Å².